The summed E-state index contributed by atoms with van der Waals surface area (Å²) in [7, 11) is 0. The van der Waals surface area contributed by atoms with Gasteiger partial charge in [0.15, 0.2) is 5.52 Å². The first-order valence-corrected chi connectivity index (χ1v) is 17.9. The van der Waals surface area contributed by atoms with Gasteiger partial charge in [0.05, 0.1) is 33.6 Å². The van der Waals surface area contributed by atoms with Crippen LogP contribution in [0, 0.1) is 20.8 Å². The topological polar surface area (TPSA) is 177 Å². The fraction of sp³-hybridized carbons (Fsp3) is 0.421. The van der Waals surface area contributed by atoms with Gasteiger partial charge in [0.25, 0.3) is 17.4 Å². The number of imide groups is 2. The highest BCUT2D eigenvalue weighted by atomic mass is 16.2. The minimum absolute atomic E-state index is 0.0610. The lowest BCUT2D eigenvalue weighted by Gasteiger charge is -2.27. The van der Waals surface area contributed by atoms with Gasteiger partial charge in [0.1, 0.15) is 6.04 Å². The fourth-order valence-electron chi connectivity index (χ4n) is 6.94. The number of unbranched alkanes of at least 4 members (excludes halogenated alkanes) is 4. The van der Waals surface area contributed by atoms with Gasteiger partial charge in [0.2, 0.25) is 17.7 Å². The number of hydrogen-bond acceptors (Lipinski definition) is 9. The molecule has 5 amide bonds. The number of fused-ring (bicyclic) bond motifs is 2. The number of rotatable bonds is 15. The van der Waals surface area contributed by atoms with Crippen molar-refractivity contribution in [3.05, 3.63) is 80.9 Å². The molecule has 4 heterocycles. The maximum Gasteiger partial charge on any atom is 0.295 e. The van der Waals surface area contributed by atoms with Crippen molar-refractivity contribution in [2.75, 3.05) is 18.4 Å². The van der Waals surface area contributed by atoms with Gasteiger partial charge in [-0.15, -0.1) is 0 Å². The molecule has 52 heavy (non-hydrogen) atoms. The molecule has 0 bridgehead atoms. The first-order chi connectivity index (χ1) is 25.0. The van der Waals surface area contributed by atoms with Crippen LogP contribution < -0.4 is 21.5 Å². The summed E-state index contributed by atoms with van der Waals surface area (Å²) >= 11 is 0. The van der Waals surface area contributed by atoms with E-state index in [1.165, 1.54) is 4.68 Å². The molecule has 2 aliphatic rings. The number of carbonyl (C=O) groups is 5. The number of nitrogens with one attached hydrogen (secondary N) is 3. The second-order valence-electron chi connectivity index (χ2n) is 13.5. The van der Waals surface area contributed by atoms with Crippen molar-refractivity contribution in [3.8, 4) is 5.69 Å². The number of anilines is 1. The minimum Gasteiger partial charge on any atom is -0.384 e. The Morgan fingerprint density at radius 2 is 1.60 bits per heavy atom. The Balaban J connectivity index is 0.880. The van der Waals surface area contributed by atoms with E-state index in [1.807, 2.05) is 45.0 Å². The van der Waals surface area contributed by atoms with Crippen LogP contribution in [0.1, 0.15) is 95.5 Å². The third-order valence-electron chi connectivity index (χ3n) is 9.70. The molecular weight excluding hydrogens is 664 g/mol. The van der Waals surface area contributed by atoms with Crippen molar-refractivity contribution in [1.29, 1.82) is 0 Å². The largest absolute Gasteiger partial charge is 0.384 e. The zero-order chi connectivity index (χ0) is 36.9. The average Bonchev–Trinajstić information content (AvgIpc) is 3.60. The van der Waals surface area contributed by atoms with Crippen molar-refractivity contribution in [3.63, 3.8) is 0 Å². The second kappa shape index (κ2) is 15.7. The van der Waals surface area contributed by atoms with Gasteiger partial charge >= 0.3 is 0 Å². The van der Waals surface area contributed by atoms with E-state index < -0.39 is 29.7 Å². The molecule has 2 aromatic heterocycles. The summed E-state index contributed by atoms with van der Waals surface area (Å²) in [6.07, 6.45) is 5.51. The number of hydrogen-bond donors (Lipinski definition) is 3. The van der Waals surface area contributed by atoms with Crippen LogP contribution in [-0.2, 0) is 20.9 Å². The Kier molecular flexibility index (Phi) is 10.9. The maximum atomic E-state index is 13.2. The van der Waals surface area contributed by atoms with E-state index in [9.17, 15) is 28.8 Å². The predicted octanol–water partition coefficient (Wildman–Crippen LogP) is 3.87. The molecule has 0 radical (unpaired) electrons. The maximum absolute atomic E-state index is 13.2. The highest BCUT2D eigenvalue weighted by Crippen LogP contribution is 2.32. The molecule has 1 fully saturated rings. The summed E-state index contributed by atoms with van der Waals surface area (Å²) in [6.45, 7) is 7.32. The summed E-state index contributed by atoms with van der Waals surface area (Å²) in [6, 6.07) is 12.0. The van der Waals surface area contributed by atoms with Crippen LogP contribution in [0.15, 0.2) is 47.3 Å². The SMILES string of the molecule is Cc1ccc(-n2nc3c(=O)n(CCCC(=O)NCCCCCCCNc4cccc5c4C(=O)N(C4CCC(=O)NC4=O)C5=O)nc(C)c3c2C)cc1. The van der Waals surface area contributed by atoms with Gasteiger partial charge in [0, 0.05) is 38.2 Å². The number of aryl methyl sites for hydroxylation is 4. The Hall–Kier alpha value is -5.66. The highest BCUT2D eigenvalue weighted by Gasteiger charge is 2.45. The smallest absolute Gasteiger partial charge is 0.295 e. The second-order valence-corrected chi connectivity index (χ2v) is 13.5. The van der Waals surface area contributed by atoms with Crippen LogP contribution in [-0.4, -0.2) is 73.1 Å². The Bertz CT molecular complexity index is 2100. The lowest BCUT2D eigenvalue weighted by atomic mass is 10.0. The molecule has 2 aromatic carbocycles. The summed E-state index contributed by atoms with van der Waals surface area (Å²) in [5, 5.41) is 18.4. The molecule has 14 heteroatoms. The monoisotopic (exact) mass is 708 g/mol. The molecule has 0 aliphatic carbocycles. The third kappa shape index (κ3) is 7.51. The third-order valence-corrected chi connectivity index (χ3v) is 9.70. The lowest BCUT2D eigenvalue weighted by molar-refractivity contribution is -0.136. The number of carbonyl (C=O) groups excluding carboxylic acids is 5. The van der Waals surface area contributed by atoms with Crippen molar-refractivity contribution < 1.29 is 24.0 Å². The normalized spacial score (nSPS) is 15.7. The van der Waals surface area contributed by atoms with Gasteiger partial charge in [-0.25, -0.2) is 9.36 Å². The van der Waals surface area contributed by atoms with Crippen LogP contribution in [0.4, 0.5) is 5.69 Å². The summed E-state index contributed by atoms with van der Waals surface area (Å²) in [5.74, 6) is -2.15. The average molecular weight is 709 g/mol. The van der Waals surface area contributed by atoms with Gasteiger partial charge in [-0.2, -0.15) is 10.2 Å². The molecular formula is C38H44N8O6. The zero-order valence-corrected chi connectivity index (χ0v) is 29.8. The molecule has 6 rings (SSSR count). The van der Waals surface area contributed by atoms with E-state index >= 15 is 0 Å². The van der Waals surface area contributed by atoms with E-state index in [0.717, 1.165) is 65.0 Å². The Morgan fingerprint density at radius 1 is 0.865 bits per heavy atom. The van der Waals surface area contributed by atoms with Gasteiger partial charge in [-0.05, 0) is 70.7 Å². The molecule has 1 saturated heterocycles. The molecule has 1 unspecified atom stereocenters. The van der Waals surface area contributed by atoms with Crippen LogP contribution in [0.25, 0.3) is 16.6 Å². The molecule has 14 nitrogen and oxygen atoms in total. The van der Waals surface area contributed by atoms with Crippen molar-refractivity contribution in [1.82, 2.24) is 35.1 Å². The van der Waals surface area contributed by atoms with Crippen LogP contribution in [0.5, 0.6) is 0 Å². The lowest BCUT2D eigenvalue weighted by Crippen LogP contribution is -2.54. The molecule has 4 aromatic rings. The van der Waals surface area contributed by atoms with Crippen molar-refractivity contribution in [2.24, 2.45) is 0 Å². The number of nitrogens with zero attached hydrogens (tertiary/aromatic N) is 5. The first-order valence-electron chi connectivity index (χ1n) is 17.9. The van der Waals surface area contributed by atoms with Gasteiger partial charge in [-0.1, -0.05) is 43.0 Å². The summed E-state index contributed by atoms with van der Waals surface area (Å²) in [4.78, 5) is 76.9. The molecule has 0 saturated carbocycles. The molecule has 0 spiro atoms. The highest BCUT2D eigenvalue weighted by molar-refractivity contribution is 6.25. The van der Waals surface area contributed by atoms with Crippen LogP contribution in [0.3, 0.4) is 0 Å². The zero-order valence-electron chi connectivity index (χ0n) is 29.8. The van der Waals surface area contributed by atoms with E-state index in [-0.39, 0.29) is 41.9 Å². The molecule has 3 N–H and O–H groups in total. The van der Waals surface area contributed by atoms with E-state index in [0.29, 0.717) is 37.3 Å². The first kappa shape index (κ1) is 36.1. The van der Waals surface area contributed by atoms with E-state index in [2.05, 4.69) is 26.1 Å². The molecule has 1 atom stereocenters. The quantitative estimate of drug-likeness (QED) is 0.122. The summed E-state index contributed by atoms with van der Waals surface area (Å²) in [5.41, 5.74) is 4.77. The number of piperidine rings is 1. The van der Waals surface area contributed by atoms with Gasteiger partial charge < -0.3 is 10.6 Å². The number of amides is 5. The minimum atomic E-state index is -0.997. The molecule has 2 aliphatic heterocycles. The standard InChI is InChI=1S/C38H44N8O6/c1-23-14-16-26(17-15-23)46-25(3)32-24(2)42-44(38(52)34(32)43-46)22-10-13-30(47)40-21-8-6-4-5-7-20-39-28-12-9-11-27-33(28)37(51)45(36(27)50)29-18-19-31(48)41-35(29)49/h9,11-12,14-17,29,39H,4-8,10,13,18-22H2,1-3H3,(H,40,47)(H,41,48,49). The van der Waals surface area contributed by atoms with E-state index in [1.54, 1.807) is 22.9 Å². The summed E-state index contributed by atoms with van der Waals surface area (Å²) < 4.78 is 3.18. The number of benzene rings is 2. The Labute approximate surface area is 300 Å². The number of aromatic nitrogens is 4. The van der Waals surface area contributed by atoms with Crippen LogP contribution >= 0.6 is 0 Å². The van der Waals surface area contributed by atoms with Crippen molar-refractivity contribution in [2.45, 2.75) is 91.1 Å². The van der Waals surface area contributed by atoms with Crippen molar-refractivity contribution >= 4 is 46.1 Å². The van der Waals surface area contributed by atoms with E-state index in [4.69, 9.17) is 0 Å². The fourth-order valence-corrected chi connectivity index (χ4v) is 6.94. The molecule has 272 valence electrons. The predicted molar refractivity (Wildman–Crippen MR) is 194 cm³/mol. The van der Waals surface area contributed by atoms with Crippen LogP contribution in [0.2, 0.25) is 0 Å². The van der Waals surface area contributed by atoms with Gasteiger partial charge in [-0.3, -0.25) is 39.0 Å². The Morgan fingerprint density at radius 3 is 2.35 bits per heavy atom.